The number of halogens is 1. The van der Waals surface area contributed by atoms with E-state index in [1.54, 1.807) is 17.4 Å². The minimum Gasteiger partial charge on any atom is -0.349 e. The lowest BCUT2D eigenvalue weighted by molar-refractivity contribution is -0.132. The molecule has 2 aromatic rings. The Balaban J connectivity index is 1.46. The molecule has 0 spiro atoms. The third kappa shape index (κ3) is 6.52. The summed E-state index contributed by atoms with van der Waals surface area (Å²) in [5, 5.41) is 3.11. The van der Waals surface area contributed by atoms with Gasteiger partial charge in [-0.1, -0.05) is 24.3 Å². The number of benzene rings is 1. The standard InChI is InChI=1S/C22H26BrN3O2S/c1-2-12-26(15-19-8-9-20(23)29-19)21(27)16-25-13-10-18(11-14-25)24-22(28)17-6-4-3-5-7-17/h2-9,18H,1,10-16H2,(H,24,28). The third-order valence-electron chi connectivity index (χ3n) is 5.00. The molecule has 0 atom stereocenters. The van der Waals surface area contributed by atoms with Crippen LogP contribution in [0.3, 0.4) is 0 Å². The summed E-state index contributed by atoms with van der Waals surface area (Å²) in [7, 11) is 0. The van der Waals surface area contributed by atoms with Crippen LogP contribution in [0, 0.1) is 0 Å². The van der Waals surface area contributed by atoms with Gasteiger partial charge in [-0.15, -0.1) is 17.9 Å². The van der Waals surface area contributed by atoms with Crippen LogP contribution in [-0.4, -0.2) is 53.8 Å². The van der Waals surface area contributed by atoms with E-state index in [4.69, 9.17) is 0 Å². The van der Waals surface area contributed by atoms with Crippen LogP contribution in [0.5, 0.6) is 0 Å². The molecule has 1 aliphatic rings. The zero-order valence-corrected chi connectivity index (χ0v) is 18.8. The van der Waals surface area contributed by atoms with Gasteiger partial charge in [0.05, 0.1) is 16.9 Å². The van der Waals surface area contributed by atoms with Crippen molar-refractivity contribution in [1.82, 2.24) is 15.1 Å². The van der Waals surface area contributed by atoms with Gasteiger partial charge < -0.3 is 10.2 Å². The van der Waals surface area contributed by atoms with Crippen LogP contribution in [0.25, 0.3) is 0 Å². The van der Waals surface area contributed by atoms with Crippen LogP contribution in [0.1, 0.15) is 28.1 Å². The highest BCUT2D eigenvalue weighted by Crippen LogP contribution is 2.23. The molecule has 0 unspecified atom stereocenters. The fourth-order valence-electron chi connectivity index (χ4n) is 3.42. The van der Waals surface area contributed by atoms with Gasteiger partial charge in [-0.3, -0.25) is 14.5 Å². The van der Waals surface area contributed by atoms with E-state index in [0.717, 1.165) is 34.6 Å². The second-order valence-electron chi connectivity index (χ2n) is 7.16. The highest BCUT2D eigenvalue weighted by Gasteiger charge is 2.24. The maximum absolute atomic E-state index is 12.8. The van der Waals surface area contributed by atoms with Gasteiger partial charge in [0, 0.05) is 36.1 Å². The molecule has 29 heavy (non-hydrogen) atoms. The Labute approximate surface area is 184 Å². The molecular formula is C22H26BrN3O2S. The number of nitrogens with zero attached hydrogens (tertiary/aromatic N) is 2. The predicted molar refractivity (Wildman–Crippen MR) is 121 cm³/mol. The maximum Gasteiger partial charge on any atom is 0.251 e. The smallest absolute Gasteiger partial charge is 0.251 e. The second-order valence-corrected chi connectivity index (χ2v) is 9.71. The molecule has 1 aromatic heterocycles. The Hall–Kier alpha value is -1.96. The zero-order chi connectivity index (χ0) is 20.6. The van der Waals surface area contributed by atoms with Gasteiger partial charge in [0.25, 0.3) is 5.91 Å². The fraction of sp³-hybridized carbons (Fsp3) is 0.364. The highest BCUT2D eigenvalue weighted by atomic mass is 79.9. The van der Waals surface area contributed by atoms with Crippen LogP contribution in [0.15, 0.2) is 58.9 Å². The maximum atomic E-state index is 12.8. The van der Waals surface area contributed by atoms with E-state index in [0.29, 0.717) is 25.2 Å². The number of carbonyl (C=O) groups excluding carboxylic acids is 2. The van der Waals surface area contributed by atoms with E-state index in [1.807, 2.05) is 47.4 Å². The van der Waals surface area contributed by atoms with E-state index in [9.17, 15) is 9.59 Å². The monoisotopic (exact) mass is 475 g/mol. The summed E-state index contributed by atoms with van der Waals surface area (Å²) in [6, 6.07) is 13.5. The zero-order valence-electron chi connectivity index (χ0n) is 16.4. The molecule has 0 aliphatic carbocycles. The summed E-state index contributed by atoms with van der Waals surface area (Å²) < 4.78 is 1.07. The molecule has 1 aliphatic heterocycles. The van der Waals surface area contributed by atoms with Crippen molar-refractivity contribution in [3.63, 3.8) is 0 Å². The van der Waals surface area contributed by atoms with Crippen LogP contribution >= 0.6 is 27.3 Å². The molecule has 3 rings (SSSR count). The van der Waals surface area contributed by atoms with Crippen molar-refractivity contribution in [1.29, 1.82) is 0 Å². The lowest BCUT2D eigenvalue weighted by Crippen LogP contribution is -2.48. The number of rotatable bonds is 8. The first-order chi connectivity index (χ1) is 14.0. The largest absolute Gasteiger partial charge is 0.349 e. The molecule has 2 amide bonds. The average Bonchev–Trinajstić information content (AvgIpc) is 3.14. The summed E-state index contributed by atoms with van der Waals surface area (Å²) in [5.41, 5.74) is 0.686. The third-order valence-corrected chi connectivity index (χ3v) is 6.60. The number of hydrogen-bond acceptors (Lipinski definition) is 4. The molecule has 154 valence electrons. The van der Waals surface area contributed by atoms with Crippen LogP contribution in [-0.2, 0) is 11.3 Å². The number of likely N-dealkylation sites (tertiary alicyclic amines) is 1. The van der Waals surface area contributed by atoms with E-state index in [2.05, 4.69) is 32.7 Å². The minimum atomic E-state index is -0.0283. The van der Waals surface area contributed by atoms with Crippen LogP contribution in [0.4, 0.5) is 0 Å². The predicted octanol–water partition coefficient (Wildman–Crippen LogP) is 3.92. The summed E-state index contributed by atoms with van der Waals surface area (Å²) in [5.74, 6) is 0.0839. The Morgan fingerprint density at radius 1 is 1.21 bits per heavy atom. The molecule has 1 saturated heterocycles. The molecule has 1 N–H and O–H groups in total. The summed E-state index contributed by atoms with van der Waals surface area (Å²) >= 11 is 5.12. The topological polar surface area (TPSA) is 52.7 Å². The number of carbonyl (C=O) groups is 2. The minimum absolute atomic E-state index is 0.0283. The molecule has 2 heterocycles. The van der Waals surface area contributed by atoms with Crippen molar-refractivity contribution in [3.8, 4) is 0 Å². The van der Waals surface area contributed by atoms with E-state index >= 15 is 0 Å². The average molecular weight is 476 g/mol. The van der Waals surface area contributed by atoms with Crippen molar-refractivity contribution < 1.29 is 9.59 Å². The first-order valence-corrected chi connectivity index (χ1v) is 11.4. The van der Waals surface area contributed by atoms with Gasteiger partial charge in [0.2, 0.25) is 5.91 Å². The van der Waals surface area contributed by atoms with E-state index in [1.165, 1.54) is 0 Å². The molecule has 1 aromatic carbocycles. The summed E-state index contributed by atoms with van der Waals surface area (Å²) in [6.45, 7) is 6.94. The van der Waals surface area contributed by atoms with Gasteiger partial charge in [0.15, 0.2) is 0 Å². The van der Waals surface area contributed by atoms with Gasteiger partial charge in [-0.05, 0) is 53.0 Å². The fourth-order valence-corrected chi connectivity index (χ4v) is 4.92. The molecule has 0 saturated carbocycles. The second kappa shape index (κ2) is 10.7. The molecule has 0 bridgehead atoms. The number of hydrogen-bond donors (Lipinski definition) is 1. The number of amides is 2. The Bertz CT molecular complexity index is 832. The molecule has 5 nitrogen and oxygen atoms in total. The van der Waals surface area contributed by atoms with Crippen molar-refractivity contribution in [2.45, 2.75) is 25.4 Å². The normalized spacial score (nSPS) is 15.1. The molecule has 0 radical (unpaired) electrons. The number of thiophene rings is 1. The van der Waals surface area contributed by atoms with E-state index < -0.39 is 0 Å². The first-order valence-electron chi connectivity index (χ1n) is 9.76. The van der Waals surface area contributed by atoms with Gasteiger partial charge in [-0.2, -0.15) is 0 Å². The quantitative estimate of drug-likeness (QED) is 0.588. The SMILES string of the molecule is C=CCN(Cc1ccc(Br)s1)C(=O)CN1CCC(NC(=O)c2ccccc2)CC1. The molecule has 7 heteroatoms. The Morgan fingerprint density at radius 2 is 1.93 bits per heavy atom. The van der Waals surface area contributed by atoms with Gasteiger partial charge >= 0.3 is 0 Å². The summed E-state index contributed by atoms with van der Waals surface area (Å²) in [4.78, 5) is 30.3. The van der Waals surface area contributed by atoms with Gasteiger partial charge in [-0.25, -0.2) is 0 Å². The van der Waals surface area contributed by atoms with E-state index in [-0.39, 0.29) is 17.9 Å². The van der Waals surface area contributed by atoms with Crippen LogP contribution < -0.4 is 5.32 Å². The number of piperidine rings is 1. The van der Waals surface area contributed by atoms with Crippen molar-refractivity contribution >= 4 is 39.1 Å². The first kappa shape index (κ1) is 21.7. The molecule has 1 fully saturated rings. The lowest BCUT2D eigenvalue weighted by Gasteiger charge is -2.33. The van der Waals surface area contributed by atoms with Crippen molar-refractivity contribution in [2.24, 2.45) is 0 Å². The Morgan fingerprint density at radius 3 is 2.55 bits per heavy atom. The lowest BCUT2D eigenvalue weighted by atomic mass is 10.0. The highest BCUT2D eigenvalue weighted by molar-refractivity contribution is 9.11. The molecular weight excluding hydrogens is 450 g/mol. The van der Waals surface area contributed by atoms with Crippen LogP contribution in [0.2, 0.25) is 0 Å². The Kier molecular flexibility index (Phi) is 8.03. The van der Waals surface area contributed by atoms with Crippen molar-refractivity contribution in [3.05, 3.63) is 69.3 Å². The number of nitrogens with one attached hydrogen (secondary N) is 1. The van der Waals surface area contributed by atoms with Crippen molar-refractivity contribution in [2.75, 3.05) is 26.2 Å². The summed E-state index contributed by atoms with van der Waals surface area (Å²) in [6.07, 6.45) is 3.47. The van der Waals surface area contributed by atoms with Gasteiger partial charge in [0.1, 0.15) is 0 Å².